The van der Waals surface area contributed by atoms with Gasteiger partial charge in [0.15, 0.2) is 4.34 Å². The Morgan fingerprint density at radius 3 is 2.84 bits per heavy atom. The van der Waals surface area contributed by atoms with Crippen molar-refractivity contribution in [2.75, 3.05) is 12.4 Å². The number of nitrogens with zero attached hydrogens (tertiary/aromatic N) is 1. The van der Waals surface area contributed by atoms with Gasteiger partial charge in [0.25, 0.3) is 0 Å². The van der Waals surface area contributed by atoms with Gasteiger partial charge in [-0.15, -0.1) is 11.3 Å². The molecule has 0 aliphatic carbocycles. The average molecular weight is 286 g/mol. The van der Waals surface area contributed by atoms with Gasteiger partial charge in [-0.25, -0.2) is 4.98 Å². The van der Waals surface area contributed by atoms with Crippen LogP contribution in [-0.2, 0) is 0 Å². The third kappa shape index (κ3) is 3.28. The van der Waals surface area contributed by atoms with Crippen LogP contribution in [0.25, 0.3) is 10.2 Å². The molecule has 0 bridgehead atoms. The Hall–Kier alpha value is -1.52. The van der Waals surface area contributed by atoms with Gasteiger partial charge in [0.1, 0.15) is 5.75 Å². The van der Waals surface area contributed by atoms with Crippen LogP contribution in [0, 0.1) is 6.07 Å². The van der Waals surface area contributed by atoms with Crippen molar-refractivity contribution in [1.82, 2.24) is 4.98 Å². The highest BCUT2D eigenvalue weighted by Crippen LogP contribution is 2.29. The van der Waals surface area contributed by atoms with Crippen LogP contribution in [0.1, 0.15) is 0 Å². The van der Waals surface area contributed by atoms with Gasteiger partial charge in [-0.3, -0.25) is 0 Å². The van der Waals surface area contributed by atoms with Gasteiger partial charge in [-0.05, 0) is 30.3 Å². The second kappa shape index (κ2) is 6.08. The first-order valence-corrected chi connectivity index (χ1v) is 7.79. The number of thiazole rings is 1. The van der Waals surface area contributed by atoms with E-state index in [-0.39, 0.29) is 0 Å². The van der Waals surface area contributed by atoms with Gasteiger partial charge in [-0.1, -0.05) is 36.0 Å². The Morgan fingerprint density at radius 2 is 2.00 bits per heavy atom. The van der Waals surface area contributed by atoms with Crippen molar-refractivity contribution >= 4 is 33.3 Å². The molecule has 95 valence electrons. The summed E-state index contributed by atoms with van der Waals surface area (Å²) < 4.78 is 7.98. The van der Waals surface area contributed by atoms with E-state index in [9.17, 15) is 0 Å². The van der Waals surface area contributed by atoms with E-state index in [1.807, 2.05) is 42.5 Å². The molecule has 0 saturated heterocycles. The van der Waals surface area contributed by atoms with Crippen LogP contribution in [0.2, 0.25) is 0 Å². The molecule has 0 saturated carbocycles. The Morgan fingerprint density at radius 1 is 1.16 bits per heavy atom. The number of hydrogen-bond donors (Lipinski definition) is 0. The van der Waals surface area contributed by atoms with Gasteiger partial charge >= 0.3 is 0 Å². The third-order valence-electron chi connectivity index (χ3n) is 2.54. The maximum absolute atomic E-state index is 5.64. The van der Waals surface area contributed by atoms with Crippen molar-refractivity contribution in [2.24, 2.45) is 0 Å². The Bertz CT molecular complexity index is 618. The van der Waals surface area contributed by atoms with Crippen molar-refractivity contribution in [3.05, 3.63) is 54.6 Å². The van der Waals surface area contributed by atoms with E-state index in [1.165, 1.54) is 4.70 Å². The lowest BCUT2D eigenvalue weighted by Crippen LogP contribution is -1.99. The lowest BCUT2D eigenvalue weighted by atomic mass is 10.3. The molecule has 0 N–H and O–H groups in total. The molecule has 2 aromatic carbocycles. The van der Waals surface area contributed by atoms with Crippen LogP contribution in [0.5, 0.6) is 5.75 Å². The molecule has 3 aromatic rings. The second-order valence-corrected chi connectivity index (χ2v) is 6.25. The van der Waals surface area contributed by atoms with Crippen molar-refractivity contribution in [2.45, 2.75) is 4.34 Å². The first-order valence-electron chi connectivity index (χ1n) is 5.99. The van der Waals surface area contributed by atoms with E-state index < -0.39 is 0 Å². The Labute approximate surface area is 120 Å². The molecular weight excluding hydrogens is 274 g/mol. The number of benzene rings is 2. The molecule has 1 radical (unpaired) electrons. The maximum atomic E-state index is 5.64. The summed E-state index contributed by atoms with van der Waals surface area (Å²) in [5, 5.41) is 0. The minimum absolute atomic E-state index is 0.685. The molecule has 3 rings (SSSR count). The highest BCUT2D eigenvalue weighted by Gasteiger charge is 2.03. The minimum Gasteiger partial charge on any atom is -0.493 e. The summed E-state index contributed by atoms with van der Waals surface area (Å²) in [5.74, 6) is 1.79. The first kappa shape index (κ1) is 12.5. The zero-order valence-electron chi connectivity index (χ0n) is 10.2. The molecule has 0 spiro atoms. The van der Waals surface area contributed by atoms with Crippen LogP contribution in [-0.4, -0.2) is 17.3 Å². The molecular formula is C15H12NOS2. The predicted octanol–water partition coefficient (Wildman–Crippen LogP) is 4.27. The smallest absolute Gasteiger partial charge is 0.151 e. The van der Waals surface area contributed by atoms with E-state index in [1.54, 1.807) is 23.1 Å². The van der Waals surface area contributed by atoms with Crippen molar-refractivity contribution in [1.29, 1.82) is 0 Å². The van der Waals surface area contributed by atoms with Gasteiger partial charge in [-0.2, -0.15) is 0 Å². The number of aromatic nitrogens is 1. The van der Waals surface area contributed by atoms with Crippen molar-refractivity contribution in [3.63, 3.8) is 0 Å². The number of hydrogen-bond acceptors (Lipinski definition) is 4. The fraction of sp³-hybridized carbons (Fsp3) is 0.133. The second-order valence-electron chi connectivity index (χ2n) is 3.88. The number of rotatable bonds is 5. The molecule has 0 atom stereocenters. The molecule has 1 aromatic heterocycles. The fourth-order valence-corrected chi connectivity index (χ4v) is 3.63. The standard InChI is InChI=1S/C15H12NOS2/c1-2-6-12(7-3-1)17-10-11-18-15-16-13-8-4-5-9-14(13)19-15/h2-9H,10-11H2. The van der Waals surface area contributed by atoms with Crippen LogP contribution >= 0.6 is 23.1 Å². The maximum Gasteiger partial charge on any atom is 0.151 e. The molecule has 0 unspecified atom stereocenters. The zero-order chi connectivity index (χ0) is 12.9. The molecule has 0 aliphatic rings. The number of ether oxygens (including phenoxy) is 1. The lowest BCUT2D eigenvalue weighted by Gasteiger charge is -2.03. The molecule has 0 aliphatic heterocycles. The molecule has 2 nitrogen and oxygen atoms in total. The number of thioether (sulfide) groups is 1. The molecule has 19 heavy (non-hydrogen) atoms. The van der Waals surface area contributed by atoms with E-state index in [0.717, 1.165) is 21.4 Å². The monoisotopic (exact) mass is 286 g/mol. The van der Waals surface area contributed by atoms with Crippen molar-refractivity contribution in [3.8, 4) is 5.75 Å². The molecule has 4 heteroatoms. The Balaban J connectivity index is 1.52. The van der Waals surface area contributed by atoms with Gasteiger partial charge in [0.2, 0.25) is 0 Å². The summed E-state index contributed by atoms with van der Waals surface area (Å²) in [6, 6.07) is 18.7. The summed E-state index contributed by atoms with van der Waals surface area (Å²) in [6.45, 7) is 0.685. The quantitative estimate of drug-likeness (QED) is 0.516. The average Bonchev–Trinajstić information content (AvgIpc) is 2.87. The van der Waals surface area contributed by atoms with Gasteiger partial charge < -0.3 is 4.74 Å². The lowest BCUT2D eigenvalue weighted by molar-refractivity contribution is 0.344. The van der Waals surface area contributed by atoms with Crippen LogP contribution < -0.4 is 4.74 Å². The summed E-state index contributed by atoms with van der Waals surface area (Å²) >= 11 is 3.47. The van der Waals surface area contributed by atoms with E-state index in [2.05, 4.69) is 17.1 Å². The molecule has 0 amide bonds. The molecule has 0 fully saturated rings. The van der Waals surface area contributed by atoms with Crippen LogP contribution in [0.3, 0.4) is 0 Å². The van der Waals surface area contributed by atoms with E-state index in [0.29, 0.717) is 6.61 Å². The normalized spacial score (nSPS) is 10.7. The van der Waals surface area contributed by atoms with Crippen LogP contribution in [0.4, 0.5) is 0 Å². The van der Waals surface area contributed by atoms with Crippen molar-refractivity contribution < 1.29 is 4.74 Å². The highest BCUT2D eigenvalue weighted by atomic mass is 32.2. The third-order valence-corrected chi connectivity index (χ3v) is 4.68. The number of fused-ring (bicyclic) bond motifs is 1. The van der Waals surface area contributed by atoms with E-state index in [4.69, 9.17) is 4.74 Å². The topological polar surface area (TPSA) is 22.1 Å². The largest absolute Gasteiger partial charge is 0.493 e. The summed E-state index contributed by atoms with van der Waals surface area (Å²) in [5.41, 5.74) is 1.08. The fourth-order valence-electron chi connectivity index (χ4n) is 1.67. The van der Waals surface area contributed by atoms with E-state index >= 15 is 0 Å². The summed E-state index contributed by atoms with van der Waals surface area (Å²) in [7, 11) is 0. The van der Waals surface area contributed by atoms with Crippen LogP contribution in [0.15, 0.2) is 52.9 Å². The predicted molar refractivity (Wildman–Crippen MR) is 81.1 cm³/mol. The highest BCUT2D eigenvalue weighted by molar-refractivity contribution is 8.01. The van der Waals surface area contributed by atoms with Gasteiger partial charge in [0, 0.05) is 5.75 Å². The summed E-state index contributed by atoms with van der Waals surface area (Å²) in [4.78, 5) is 4.58. The molecule has 1 heterocycles. The SMILES string of the molecule is [c]1ccc(OCCSc2nc3ccccc3s2)cc1. The number of para-hydroxylation sites is 1. The summed E-state index contributed by atoms with van der Waals surface area (Å²) in [6.07, 6.45) is 0. The Kier molecular flexibility index (Phi) is 4.01. The minimum atomic E-state index is 0.685. The zero-order valence-corrected chi connectivity index (χ0v) is 11.8. The van der Waals surface area contributed by atoms with Gasteiger partial charge in [0.05, 0.1) is 16.8 Å². The first-order chi connectivity index (χ1) is 9.42.